The molecule has 0 spiro atoms. The zero-order valence-corrected chi connectivity index (χ0v) is 12.7. The van der Waals surface area contributed by atoms with Crippen LogP contribution in [0, 0.1) is 24.2 Å². The Bertz CT molecular complexity index is 1010. The molecular weight excluding hydrogens is 302 g/mol. The second-order valence-corrected chi connectivity index (χ2v) is 5.00. The Morgan fingerprint density at radius 1 is 1.25 bits per heavy atom. The van der Waals surface area contributed by atoms with Crippen LogP contribution in [0.4, 0.5) is 0 Å². The summed E-state index contributed by atoms with van der Waals surface area (Å²) in [6.45, 7) is 0.0904. The van der Waals surface area contributed by atoms with Crippen molar-refractivity contribution in [3.05, 3.63) is 59.8 Å². The van der Waals surface area contributed by atoms with Crippen molar-refractivity contribution in [2.75, 3.05) is 6.61 Å². The van der Waals surface area contributed by atoms with Crippen LogP contribution < -0.4 is 4.74 Å². The number of H-pyrrole nitrogens is 1. The topological polar surface area (TPSA) is 62.3 Å². The highest BCUT2D eigenvalue weighted by molar-refractivity contribution is 6.11. The van der Waals surface area contributed by atoms with E-state index in [0.29, 0.717) is 5.75 Å². The van der Waals surface area contributed by atoms with Gasteiger partial charge in [-0.05, 0) is 24.1 Å². The molecule has 0 atom stereocenters. The third kappa shape index (κ3) is 3.09. The molecule has 3 rings (SSSR count). The number of aromatic amines is 1. The van der Waals surface area contributed by atoms with Crippen molar-refractivity contribution in [3.63, 3.8) is 0 Å². The van der Waals surface area contributed by atoms with Crippen molar-refractivity contribution in [2.45, 2.75) is 0 Å². The van der Waals surface area contributed by atoms with Crippen LogP contribution in [-0.2, 0) is 0 Å². The van der Waals surface area contributed by atoms with E-state index in [9.17, 15) is 9.90 Å². The fourth-order valence-corrected chi connectivity index (χ4v) is 2.28. The van der Waals surface area contributed by atoms with Crippen LogP contribution in [0.1, 0.15) is 15.9 Å². The van der Waals surface area contributed by atoms with Gasteiger partial charge in [-0.1, -0.05) is 30.0 Å². The summed E-state index contributed by atoms with van der Waals surface area (Å²) in [5, 5.41) is 10.9. The lowest BCUT2D eigenvalue weighted by Crippen LogP contribution is -1.98. The number of benzene rings is 2. The molecule has 116 valence electrons. The fourth-order valence-electron chi connectivity index (χ4n) is 2.28. The fraction of sp³-hybridized carbons (Fsp3) is 0.0500. The zero-order valence-electron chi connectivity index (χ0n) is 12.7. The maximum absolute atomic E-state index is 12.2. The van der Waals surface area contributed by atoms with Crippen LogP contribution in [0.3, 0.4) is 0 Å². The van der Waals surface area contributed by atoms with Gasteiger partial charge in [0.05, 0.1) is 11.1 Å². The summed E-state index contributed by atoms with van der Waals surface area (Å²) in [5.74, 6) is 7.46. The van der Waals surface area contributed by atoms with Gasteiger partial charge < -0.3 is 14.8 Å². The predicted octanol–water partition coefficient (Wildman–Crippen LogP) is 3.12. The van der Waals surface area contributed by atoms with Gasteiger partial charge >= 0.3 is 0 Å². The molecule has 0 aliphatic heterocycles. The van der Waals surface area contributed by atoms with E-state index in [4.69, 9.17) is 11.2 Å². The summed E-state index contributed by atoms with van der Waals surface area (Å²) in [6.07, 6.45) is 6.86. The number of para-hydroxylation sites is 1. The molecule has 0 radical (unpaired) electrons. The summed E-state index contributed by atoms with van der Waals surface area (Å²) >= 11 is 0. The Kier molecular flexibility index (Phi) is 4.23. The van der Waals surface area contributed by atoms with Crippen LogP contribution in [0.25, 0.3) is 10.9 Å². The monoisotopic (exact) mass is 315 g/mol. The van der Waals surface area contributed by atoms with Gasteiger partial charge in [-0.3, -0.25) is 4.79 Å². The summed E-state index contributed by atoms with van der Waals surface area (Å²) in [5.41, 5.74) is 1.80. The number of carbonyl (C=O) groups is 1. The van der Waals surface area contributed by atoms with Gasteiger partial charge in [0.15, 0.2) is 0 Å². The molecule has 4 heteroatoms. The number of carbonyl (C=O) groups excluding carboxylic acids is 1. The average Bonchev–Trinajstić information content (AvgIpc) is 3.01. The first-order valence-corrected chi connectivity index (χ1v) is 7.21. The van der Waals surface area contributed by atoms with Gasteiger partial charge in [-0.2, -0.15) is 0 Å². The number of aromatic hydroxyl groups is 1. The van der Waals surface area contributed by atoms with E-state index >= 15 is 0 Å². The van der Waals surface area contributed by atoms with Crippen LogP contribution in [-0.4, -0.2) is 22.5 Å². The van der Waals surface area contributed by atoms with Gasteiger partial charge in [0.2, 0.25) is 5.78 Å². The summed E-state index contributed by atoms with van der Waals surface area (Å²) in [4.78, 5) is 15.3. The standard InChI is InChI=1S/C20H13NO3/c1-2-11-24-15-8-9-17(20(23)12-15)19(22)10-7-14-13-21-18-6-4-3-5-16(14)18/h1,3-6,8-9,12-13,21,23H,11H2. The highest BCUT2D eigenvalue weighted by Crippen LogP contribution is 2.24. The average molecular weight is 315 g/mol. The number of hydrogen-bond acceptors (Lipinski definition) is 3. The summed E-state index contributed by atoms with van der Waals surface area (Å²) in [7, 11) is 0. The molecule has 0 saturated heterocycles. The molecule has 2 aromatic carbocycles. The maximum Gasteiger partial charge on any atom is 0.239 e. The number of aromatic nitrogens is 1. The molecule has 0 bridgehead atoms. The molecule has 1 heterocycles. The number of rotatable bonds is 3. The first-order chi connectivity index (χ1) is 11.7. The normalized spacial score (nSPS) is 9.79. The van der Waals surface area contributed by atoms with Crippen molar-refractivity contribution in [2.24, 2.45) is 0 Å². The van der Waals surface area contributed by atoms with Crippen LogP contribution in [0.5, 0.6) is 11.5 Å². The first kappa shape index (κ1) is 15.3. The molecule has 3 aromatic rings. The lowest BCUT2D eigenvalue weighted by atomic mass is 10.1. The number of hydrogen-bond donors (Lipinski definition) is 2. The largest absolute Gasteiger partial charge is 0.507 e. The first-order valence-electron chi connectivity index (χ1n) is 7.21. The number of phenolic OH excluding ortho intramolecular Hbond substituents is 1. The minimum atomic E-state index is -0.471. The smallest absolute Gasteiger partial charge is 0.239 e. The molecule has 4 nitrogen and oxygen atoms in total. The number of ketones is 1. The lowest BCUT2D eigenvalue weighted by Gasteiger charge is -2.04. The van der Waals surface area contributed by atoms with Gasteiger partial charge in [0, 0.05) is 23.2 Å². The highest BCUT2D eigenvalue weighted by Gasteiger charge is 2.10. The Morgan fingerprint density at radius 3 is 2.88 bits per heavy atom. The third-order valence-electron chi connectivity index (χ3n) is 3.44. The van der Waals surface area contributed by atoms with E-state index in [2.05, 4.69) is 22.7 Å². The number of phenols is 1. The number of ether oxygens (including phenoxy) is 1. The quantitative estimate of drug-likeness (QED) is 0.576. The van der Waals surface area contributed by atoms with Crippen molar-refractivity contribution in [3.8, 4) is 35.7 Å². The summed E-state index contributed by atoms with van der Waals surface area (Å²) in [6, 6.07) is 12.1. The number of nitrogens with one attached hydrogen (secondary N) is 1. The van der Waals surface area contributed by atoms with Crippen LogP contribution >= 0.6 is 0 Å². The van der Waals surface area contributed by atoms with E-state index in [-0.39, 0.29) is 17.9 Å². The second kappa shape index (κ2) is 6.64. The maximum atomic E-state index is 12.2. The Morgan fingerprint density at radius 2 is 2.08 bits per heavy atom. The molecule has 0 saturated carbocycles. The molecular formula is C20H13NO3. The van der Waals surface area contributed by atoms with E-state index in [1.54, 1.807) is 12.3 Å². The highest BCUT2D eigenvalue weighted by atomic mass is 16.5. The summed E-state index contributed by atoms with van der Waals surface area (Å²) < 4.78 is 5.19. The van der Waals surface area contributed by atoms with E-state index < -0.39 is 5.78 Å². The minimum absolute atomic E-state index is 0.0904. The molecule has 2 N–H and O–H groups in total. The predicted molar refractivity (Wildman–Crippen MR) is 91.9 cm³/mol. The van der Waals surface area contributed by atoms with Crippen LogP contribution in [0.2, 0.25) is 0 Å². The van der Waals surface area contributed by atoms with Crippen molar-refractivity contribution >= 4 is 16.7 Å². The SMILES string of the molecule is C#CCOc1ccc(C(=O)C#Cc2c[nH]c3ccccc23)c(O)c1. The van der Waals surface area contributed by atoms with Crippen molar-refractivity contribution in [1.29, 1.82) is 0 Å². The van der Waals surface area contributed by atoms with Crippen molar-refractivity contribution in [1.82, 2.24) is 4.98 Å². The molecule has 24 heavy (non-hydrogen) atoms. The molecule has 0 unspecified atom stereocenters. The molecule has 0 fully saturated rings. The number of fused-ring (bicyclic) bond motifs is 1. The van der Waals surface area contributed by atoms with E-state index in [1.807, 2.05) is 24.3 Å². The third-order valence-corrected chi connectivity index (χ3v) is 3.44. The Hall–Kier alpha value is -3.63. The van der Waals surface area contributed by atoms with Crippen LogP contribution in [0.15, 0.2) is 48.7 Å². The van der Waals surface area contributed by atoms with Gasteiger partial charge in [0.1, 0.15) is 18.1 Å². The van der Waals surface area contributed by atoms with E-state index in [0.717, 1.165) is 16.5 Å². The molecule has 1 aromatic heterocycles. The molecule has 0 amide bonds. The van der Waals surface area contributed by atoms with E-state index in [1.165, 1.54) is 12.1 Å². The van der Waals surface area contributed by atoms with Crippen molar-refractivity contribution < 1.29 is 14.6 Å². The number of Topliss-reactive ketones (excluding diaryl/α,β-unsaturated/α-hetero) is 1. The van der Waals surface area contributed by atoms with Gasteiger partial charge in [-0.25, -0.2) is 0 Å². The Labute approximate surface area is 139 Å². The minimum Gasteiger partial charge on any atom is -0.507 e. The number of terminal acetylenes is 1. The van der Waals surface area contributed by atoms with Gasteiger partial charge in [0.25, 0.3) is 0 Å². The molecule has 0 aliphatic carbocycles. The Balaban J connectivity index is 1.85. The lowest BCUT2D eigenvalue weighted by molar-refractivity contribution is 0.105. The molecule has 0 aliphatic rings. The zero-order chi connectivity index (χ0) is 16.9. The second-order valence-electron chi connectivity index (χ2n) is 5.00. The van der Waals surface area contributed by atoms with Gasteiger partial charge in [-0.15, -0.1) is 6.42 Å².